The van der Waals surface area contributed by atoms with Crippen molar-refractivity contribution in [2.24, 2.45) is 17.8 Å². The molecule has 0 aliphatic rings. The van der Waals surface area contributed by atoms with Crippen molar-refractivity contribution in [2.45, 2.75) is 34.6 Å². The number of carbonyl (C=O) groups is 1. The lowest BCUT2D eigenvalue weighted by Crippen LogP contribution is -2.25. The highest BCUT2D eigenvalue weighted by Crippen LogP contribution is 2.23. The van der Waals surface area contributed by atoms with Gasteiger partial charge in [0.05, 0.1) is 5.56 Å². The van der Waals surface area contributed by atoms with Crippen LogP contribution in [0.25, 0.3) is 0 Å². The molecule has 1 heterocycles. The highest BCUT2D eigenvalue weighted by atomic mass is 35.5. The van der Waals surface area contributed by atoms with Crippen LogP contribution in [0.15, 0.2) is 0 Å². The van der Waals surface area contributed by atoms with Gasteiger partial charge in [0.15, 0.2) is 6.29 Å². The minimum atomic E-state index is 0.204. The van der Waals surface area contributed by atoms with Crippen LogP contribution in [0.1, 0.15) is 43.9 Å². The second kappa shape index (κ2) is 6.85. The lowest BCUT2D eigenvalue weighted by atomic mass is 9.85. The van der Waals surface area contributed by atoms with Gasteiger partial charge >= 0.3 is 0 Å². The molecule has 19 heavy (non-hydrogen) atoms. The molecule has 1 rings (SSSR count). The van der Waals surface area contributed by atoms with Gasteiger partial charge in [-0.25, -0.2) is 9.97 Å². The maximum Gasteiger partial charge on any atom is 0.156 e. The first-order valence-corrected chi connectivity index (χ1v) is 6.97. The molecule has 0 atom stereocenters. The number of hydrogen-bond donors (Lipinski definition) is 1. The van der Waals surface area contributed by atoms with Crippen LogP contribution in [0, 0.1) is 24.7 Å². The Morgan fingerprint density at radius 3 is 2.26 bits per heavy atom. The van der Waals surface area contributed by atoms with Gasteiger partial charge in [-0.3, -0.25) is 4.79 Å². The standard InChI is InChI=1S/C14H22ClN3O/c1-8(2)11(9(3)4)6-16-14-12(7-19)13(15)17-10(5)18-14/h7-9,11H,6H2,1-5H3,(H,16,17,18). The summed E-state index contributed by atoms with van der Waals surface area (Å²) in [6, 6.07) is 0. The first-order chi connectivity index (χ1) is 8.86. The number of carbonyl (C=O) groups excluding carboxylic acids is 1. The van der Waals surface area contributed by atoms with Crippen LogP contribution in [-0.2, 0) is 0 Å². The molecule has 0 aliphatic carbocycles. The number of hydrogen-bond acceptors (Lipinski definition) is 4. The molecule has 1 aromatic rings. The van der Waals surface area contributed by atoms with E-state index in [1.54, 1.807) is 6.92 Å². The van der Waals surface area contributed by atoms with Crippen molar-refractivity contribution in [3.8, 4) is 0 Å². The van der Waals surface area contributed by atoms with Gasteiger partial charge in [-0.15, -0.1) is 0 Å². The molecule has 0 fully saturated rings. The lowest BCUT2D eigenvalue weighted by Gasteiger charge is -2.25. The average molecular weight is 284 g/mol. The van der Waals surface area contributed by atoms with E-state index in [2.05, 4.69) is 43.0 Å². The summed E-state index contributed by atoms with van der Waals surface area (Å²) >= 11 is 5.95. The van der Waals surface area contributed by atoms with E-state index in [9.17, 15) is 4.79 Å². The second-order valence-corrected chi connectivity index (χ2v) is 5.83. The number of aldehydes is 1. The van der Waals surface area contributed by atoms with Gasteiger partial charge in [-0.2, -0.15) is 0 Å². The molecule has 0 aliphatic heterocycles. The number of rotatable bonds is 6. The molecule has 5 heteroatoms. The van der Waals surface area contributed by atoms with E-state index in [4.69, 9.17) is 11.6 Å². The Hall–Kier alpha value is -1.16. The average Bonchev–Trinajstić information content (AvgIpc) is 2.27. The molecule has 1 aromatic heterocycles. The van der Waals surface area contributed by atoms with Crippen LogP contribution in [-0.4, -0.2) is 22.8 Å². The summed E-state index contributed by atoms with van der Waals surface area (Å²) in [5.74, 6) is 2.72. The predicted molar refractivity (Wildman–Crippen MR) is 78.8 cm³/mol. The van der Waals surface area contributed by atoms with Crippen molar-refractivity contribution in [1.29, 1.82) is 0 Å². The van der Waals surface area contributed by atoms with E-state index in [1.165, 1.54) is 0 Å². The zero-order chi connectivity index (χ0) is 14.6. The number of anilines is 1. The number of halogens is 1. The fourth-order valence-corrected chi connectivity index (χ4v) is 2.50. The van der Waals surface area contributed by atoms with Crippen LogP contribution in [0.2, 0.25) is 5.15 Å². The monoisotopic (exact) mass is 283 g/mol. The Kier molecular flexibility index (Phi) is 5.73. The molecule has 4 nitrogen and oxygen atoms in total. The van der Waals surface area contributed by atoms with Crippen molar-refractivity contribution in [3.05, 3.63) is 16.5 Å². The van der Waals surface area contributed by atoms with Gasteiger partial charge in [0, 0.05) is 6.54 Å². The number of aryl methyl sites for hydroxylation is 1. The zero-order valence-corrected chi connectivity index (χ0v) is 13.0. The third-order valence-corrected chi connectivity index (χ3v) is 3.63. The third kappa shape index (κ3) is 4.16. The molecule has 0 amide bonds. The van der Waals surface area contributed by atoms with Gasteiger partial charge in [0.25, 0.3) is 0 Å². The quantitative estimate of drug-likeness (QED) is 0.640. The topological polar surface area (TPSA) is 54.9 Å². The Morgan fingerprint density at radius 1 is 1.21 bits per heavy atom. The summed E-state index contributed by atoms with van der Waals surface area (Å²) in [4.78, 5) is 19.3. The first-order valence-electron chi connectivity index (χ1n) is 6.60. The largest absolute Gasteiger partial charge is 0.369 e. The SMILES string of the molecule is Cc1nc(Cl)c(C=O)c(NCC(C(C)C)C(C)C)n1. The van der Waals surface area contributed by atoms with Gasteiger partial charge in [0.1, 0.15) is 16.8 Å². The summed E-state index contributed by atoms with van der Waals surface area (Å²) < 4.78 is 0. The first kappa shape index (κ1) is 15.9. The Morgan fingerprint density at radius 2 is 1.79 bits per heavy atom. The number of nitrogens with one attached hydrogen (secondary N) is 1. The molecule has 0 saturated carbocycles. The third-order valence-electron chi connectivity index (χ3n) is 3.35. The Balaban J connectivity index is 2.90. The molecular formula is C14H22ClN3O. The maximum atomic E-state index is 11.1. The molecule has 0 spiro atoms. The van der Waals surface area contributed by atoms with Gasteiger partial charge < -0.3 is 5.32 Å². The Labute approximate surface area is 120 Å². The van der Waals surface area contributed by atoms with Crippen LogP contribution in [0.5, 0.6) is 0 Å². The van der Waals surface area contributed by atoms with E-state index in [0.29, 0.717) is 41.2 Å². The summed E-state index contributed by atoms with van der Waals surface area (Å²) in [6.07, 6.45) is 0.698. The zero-order valence-electron chi connectivity index (χ0n) is 12.2. The molecule has 106 valence electrons. The van der Waals surface area contributed by atoms with Gasteiger partial charge in [-0.05, 0) is 24.7 Å². The molecule has 0 saturated heterocycles. The van der Waals surface area contributed by atoms with Crippen molar-refractivity contribution >= 4 is 23.7 Å². The van der Waals surface area contributed by atoms with E-state index in [0.717, 1.165) is 6.54 Å². The van der Waals surface area contributed by atoms with Crippen molar-refractivity contribution in [2.75, 3.05) is 11.9 Å². The predicted octanol–water partition coefficient (Wildman–Crippen LogP) is 3.59. The highest BCUT2D eigenvalue weighted by Gasteiger charge is 2.19. The fraction of sp³-hybridized carbons (Fsp3) is 0.643. The molecule has 0 aromatic carbocycles. The second-order valence-electron chi connectivity index (χ2n) is 5.47. The van der Waals surface area contributed by atoms with Gasteiger partial charge in [0.2, 0.25) is 0 Å². The van der Waals surface area contributed by atoms with Crippen molar-refractivity contribution in [1.82, 2.24) is 9.97 Å². The summed E-state index contributed by atoms with van der Waals surface area (Å²) in [6.45, 7) is 11.3. The maximum absolute atomic E-state index is 11.1. The lowest BCUT2D eigenvalue weighted by molar-refractivity contribution is 0.112. The number of nitrogens with zero attached hydrogens (tertiary/aromatic N) is 2. The van der Waals surface area contributed by atoms with E-state index in [1.807, 2.05) is 0 Å². The minimum Gasteiger partial charge on any atom is -0.369 e. The molecular weight excluding hydrogens is 262 g/mol. The van der Waals surface area contributed by atoms with Crippen LogP contribution >= 0.6 is 11.6 Å². The molecule has 0 bridgehead atoms. The van der Waals surface area contributed by atoms with Crippen LogP contribution in [0.4, 0.5) is 5.82 Å². The highest BCUT2D eigenvalue weighted by molar-refractivity contribution is 6.32. The van der Waals surface area contributed by atoms with Crippen LogP contribution < -0.4 is 5.32 Å². The van der Waals surface area contributed by atoms with Crippen LogP contribution in [0.3, 0.4) is 0 Å². The molecule has 0 radical (unpaired) electrons. The normalized spacial score (nSPS) is 11.4. The summed E-state index contributed by atoms with van der Waals surface area (Å²) in [7, 11) is 0. The van der Waals surface area contributed by atoms with Crippen molar-refractivity contribution in [3.63, 3.8) is 0 Å². The summed E-state index contributed by atoms with van der Waals surface area (Å²) in [5, 5.41) is 3.45. The van der Waals surface area contributed by atoms with E-state index in [-0.39, 0.29) is 5.15 Å². The number of aromatic nitrogens is 2. The Bertz CT molecular complexity index is 439. The van der Waals surface area contributed by atoms with Crippen molar-refractivity contribution < 1.29 is 4.79 Å². The molecule has 1 N–H and O–H groups in total. The smallest absolute Gasteiger partial charge is 0.156 e. The van der Waals surface area contributed by atoms with E-state index < -0.39 is 0 Å². The fourth-order valence-electron chi connectivity index (χ4n) is 2.24. The van der Waals surface area contributed by atoms with Gasteiger partial charge in [-0.1, -0.05) is 39.3 Å². The molecule has 0 unspecified atom stereocenters. The minimum absolute atomic E-state index is 0.204. The summed E-state index contributed by atoms with van der Waals surface area (Å²) in [5.41, 5.74) is 0.332. The van der Waals surface area contributed by atoms with E-state index >= 15 is 0 Å².